The van der Waals surface area contributed by atoms with E-state index >= 15 is 0 Å². The van der Waals surface area contributed by atoms with E-state index in [2.05, 4.69) is 5.10 Å². The van der Waals surface area contributed by atoms with Gasteiger partial charge in [-0.25, -0.2) is 0 Å². The molecule has 0 saturated carbocycles. The van der Waals surface area contributed by atoms with Gasteiger partial charge in [-0.05, 0) is 48.9 Å². The minimum atomic E-state index is -0.487. The fourth-order valence-electron chi connectivity index (χ4n) is 3.22. The summed E-state index contributed by atoms with van der Waals surface area (Å²) in [7, 11) is 0. The van der Waals surface area contributed by atoms with Crippen LogP contribution in [0.1, 0.15) is 18.1 Å². The first-order valence-electron chi connectivity index (χ1n) is 9.75. The average Bonchev–Trinajstić information content (AvgIpc) is 3.08. The lowest BCUT2D eigenvalue weighted by atomic mass is 10.1. The van der Waals surface area contributed by atoms with Crippen molar-refractivity contribution in [1.82, 2.24) is 0 Å². The van der Waals surface area contributed by atoms with Gasteiger partial charge in [0.05, 0.1) is 21.9 Å². The van der Waals surface area contributed by atoms with Crippen LogP contribution < -0.4 is 9.75 Å². The molecule has 0 radical (unpaired) electrons. The van der Waals surface area contributed by atoms with Crippen LogP contribution in [0.5, 0.6) is 5.75 Å². The van der Waals surface area contributed by atoms with Crippen molar-refractivity contribution in [3.8, 4) is 5.75 Å². The maximum absolute atomic E-state index is 13.0. The van der Waals surface area contributed by atoms with Crippen LogP contribution in [-0.4, -0.2) is 16.5 Å². The fourth-order valence-corrected chi connectivity index (χ4v) is 3.35. The summed E-state index contributed by atoms with van der Waals surface area (Å²) >= 11 is 5.92. The van der Waals surface area contributed by atoms with E-state index in [1.165, 1.54) is 23.2 Å². The summed E-state index contributed by atoms with van der Waals surface area (Å²) < 4.78 is 5.92. The lowest BCUT2D eigenvalue weighted by Gasteiger charge is -2.12. The van der Waals surface area contributed by atoms with Crippen molar-refractivity contribution in [2.75, 3.05) is 5.01 Å². The van der Waals surface area contributed by atoms with Gasteiger partial charge < -0.3 is 4.74 Å². The zero-order chi connectivity index (χ0) is 22.7. The third kappa shape index (κ3) is 4.53. The largest absolute Gasteiger partial charge is 0.488 e. The van der Waals surface area contributed by atoms with Crippen molar-refractivity contribution >= 4 is 40.7 Å². The number of rotatable bonds is 6. The molecule has 1 aliphatic rings. The van der Waals surface area contributed by atoms with Crippen LogP contribution in [0, 0.1) is 10.1 Å². The summed E-state index contributed by atoms with van der Waals surface area (Å²) in [6, 6.07) is 20.5. The van der Waals surface area contributed by atoms with Gasteiger partial charge in [0.15, 0.2) is 0 Å². The van der Waals surface area contributed by atoms with Crippen molar-refractivity contribution in [1.29, 1.82) is 0 Å². The zero-order valence-corrected chi connectivity index (χ0v) is 17.8. The molecule has 0 fully saturated rings. The highest BCUT2D eigenvalue weighted by atomic mass is 35.5. The number of halogens is 1. The molecule has 0 unspecified atom stereocenters. The Labute approximate surface area is 189 Å². The standard InChI is InChI=1S/C24H18ClN3O4/c1-16-22(24(29)27(26-16)20-5-3-2-4-6-20)14-18-13-21(28(30)31)11-12-23(18)32-15-17-7-9-19(25)10-8-17/h2-14H,15H2,1H3/b22-14-. The Kier molecular flexibility index (Phi) is 6.00. The minimum Gasteiger partial charge on any atom is -0.488 e. The molecule has 3 aromatic rings. The van der Waals surface area contributed by atoms with Crippen LogP contribution in [0.2, 0.25) is 5.02 Å². The molecule has 0 saturated heterocycles. The second-order valence-corrected chi connectivity index (χ2v) is 7.53. The molecule has 0 aliphatic carbocycles. The number of carbonyl (C=O) groups excluding carboxylic acids is 1. The molecule has 0 aromatic heterocycles. The smallest absolute Gasteiger partial charge is 0.280 e. The number of nitrogens with zero attached hydrogens (tertiary/aromatic N) is 3. The monoisotopic (exact) mass is 447 g/mol. The van der Waals surface area contributed by atoms with E-state index in [1.54, 1.807) is 37.3 Å². The lowest BCUT2D eigenvalue weighted by molar-refractivity contribution is -0.384. The molecule has 1 aliphatic heterocycles. The highest BCUT2D eigenvalue weighted by Crippen LogP contribution is 2.30. The van der Waals surface area contributed by atoms with Crippen LogP contribution in [0.25, 0.3) is 6.08 Å². The quantitative estimate of drug-likeness (QED) is 0.278. The first kappa shape index (κ1) is 21.3. The summed E-state index contributed by atoms with van der Waals surface area (Å²) in [6.45, 7) is 1.96. The molecular formula is C24H18ClN3O4. The van der Waals surface area contributed by atoms with Gasteiger partial charge in [0, 0.05) is 22.7 Å². The van der Waals surface area contributed by atoms with E-state index in [9.17, 15) is 14.9 Å². The van der Waals surface area contributed by atoms with Crippen LogP contribution in [0.3, 0.4) is 0 Å². The van der Waals surface area contributed by atoms with Crippen molar-refractivity contribution in [2.45, 2.75) is 13.5 Å². The summed E-state index contributed by atoms with van der Waals surface area (Å²) in [5.74, 6) is 0.0978. The average molecular weight is 448 g/mol. The molecule has 4 rings (SSSR count). The summed E-state index contributed by atoms with van der Waals surface area (Å²) in [5.41, 5.74) is 2.69. The molecule has 160 valence electrons. The topological polar surface area (TPSA) is 85.0 Å². The molecule has 1 heterocycles. The van der Waals surface area contributed by atoms with Gasteiger partial charge in [-0.15, -0.1) is 0 Å². The SMILES string of the molecule is CC1=NN(c2ccccc2)C(=O)/C1=C\c1cc([N+](=O)[O-])ccc1OCc1ccc(Cl)cc1. The molecule has 0 spiro atoms. The molecule has 8 heteroatoms. The molecule has 3 aromatic carbocycles. The number of para-hydroxylation sites is 1. The molecule has 32 heavy (non-hydrogen) atoms. The molecule has 0 N–H and O–H groups in total. The number of carbonyl (C=O) groups is 1. The van der Waals surface area contributed by atoms with Crippen LogP contribution in [0.4, 0.5) is 11.4 Å². The Balaban J connectivity index is 1.66. The highest BCUT2D eigenvalue weighted by molar-refractivity contribution is 6.32. The van der Waals surface area contributed by atoms with Gasteiger partial charge in [0.2, 0.25) is 0 Å². The first-order chi connectivity index (χ1) is 15.4. The van der Waals surface area contributed by atoms with Crippen LogP contribution in [-0.2, 0) is 11.4 Å². The zero-order valence-electron chi connectivity index (χ0n) is 17.1. The van der Waals surface area contributed by atoms with Crippen LogP contribution >= 0.6 is 11.6 Å². The lowest BCUT2D eigenvalue weighted by Crippen LogP contribution is -2.21. The predicted molar refractivity (Wildman–Crippen MR) is 124 cm³/mol. The number of hydrogen-bond donors (Lipinski definition) is 0. The Hall–Kier alpha value is -3.97. The van der Waals surface area contributed by atoms with Gasteiger partial charge in [-0.1, -0.05) is 41.9 Å². The number of nitro benzene ring substituents is 1. The molecule has 0 atom stereocenters. The van der Waals surface area contributed by atoms with Gasteiger partial charge in [-0.3, -0.25) is 14.9 Å². The number of hydrogen-bond acceptors (Lipinski definition) is 5. The number of nitro groups is 1. The summed E-state index contributed by atoms with van der Waals surface area (Å²) in [4.78, 5) is 23.8. The normalized spacial score (nSPS) is 14.6. The number of anilines is 1. The van der Waals surface area contributed by atoms with Crippen molar-refractivity contribution < 1.29 is 14.5 Å². The third-order valence-electron chi connectivity index (χ3n) is 4.87. The van der Waals surface area contributed by atoms with Crippen LogP contribution in [0.15, 0.2) is 83.5 Å². The Morgan fingerprint density at radius 2 is 1.81 bits per heavy atom. The van der Waals surface area contributed by atoms with E-state index in [0.29, 0.717) is 33.3 Å². The number of hydrazone groups is 1. The third-order valence-corrected chi connectivity index (χ3v) is 5.13. The molecule has 1 amide bonds. The summed E-state index contributed by atoms with van der Waals surface area (Å²) in [6.07, 6.45) is 1.58. The Morgan fingerprint density at radius 3 is 2.50 bits per heavy atom. The molecular weight excluding hydrogens is 430 g/mol. The van der Waals surface area contributed by atoms with E-state index < -0.39 is 4.92 Å². The number of ether oxygens (including phenoxy) is 1. The van der Waals surface area contributed by atoms with Crippen molar-refractivity contribution in [3.05, 3.63) is 105 Å². The van der Waals surface area contributed by atoms with E-state index in [1.807, 2.05) is 30.3 Å². The van der Waals surface area contributed by atoms with Gasteiger partial charge >= 0.3 is 0 Å². The van der Waals surface area contributed by atoms with E-state index in [4.69, 9.17) is 16.3 Å². The minimum absolute atomic E-state index is 0.101. The second kappa shape index (κ2) is 9.03. The van der Waals surface area contributed by atoms with E-state index in [0.717, 1.165) is 5.56 Å². The molecule has 0 bridgehead atoms. The Morgan fingerprint density at radius 1 is 1.09 bits per heavy atom. The fraction of sp³-hybridized carbons (Fsp3) is 0.0833. The maximum atomic E-state index is 13.0. The summed E-state index contributed by atoms with van der Waals surface area (Å²) in [5, 5.41) is 17.6. The predicted octanol–water partition coefficient (Wildman–Crippen LogP) is 5.63. The van der Waals surface area contributed by atoms with Gasteiger partial charge in [0.25, 0.3) is 11.6 Å². The first-order valence-corrected chi connectivity index (χ1v) is 10.1. The molecule has 7 nitrogen and oxygen atoms in total. The second-order valence-electron chi connectivity index (χ2n) is 7.09. The Bertz CT molecular complexity index is 1240. The highest BCUT2D eigenvalue weighted by Gasteiger charge is 2.29. The maximum Gasteiger partial charge on any atom is 0.280 e. The van der Waals surface area contributed by atoms with Gasteiger partial charge in [-0.2, -0.15) is 10.1 Å². The van der Waals surface area contributed by atoms with E-state index in [-0.39, 0.29) is 18.2 Å². The number of benzene rings is 3. The van der Waals surface area contributed by atoms with Gasteiger partial charge in [0.1, 0.15) is 12.4 Å². The van der Waals surface area contributed by atoms with Crippen molar-refractivity contribution in [3.63, 3.8) is 0 Å². The number of non-ortho nitro benzene ring substituents is 1. The number of amides is 1. The van der Waals surface area contributed by atoms with Crippen molar-refractivity contribution in [2.24, 2.45) is 5.10 Å².